The molecule has 2 aromatic carbocycles. The molecule has 0 radical (unpaired) electrons. The second-order valence-electron chi connectivity index (χ2n) is 7.15. The predicted molar refractivity (Wildman–Crippen MR) is 112 cm³/mol. The third kappa shape index (κ3) is 2.74. The molecule has 0 aliphatic carbocycles. The summed E-state index contributed by atoms with van der Waals surface area (Å²) in [4.78, 5) is 20.0. The molecule has 7 heteroatoms. The fraction of sp³-hybridized carbons (Fsp3) is 0.182. The van der Waals surface area contributed by atoms with E-state index in [2.05, 4.69) is 16.0 Å². The van der Waals surface area contributed by atoms with E-state index in [1.165, 1.54) is 6.33 Å². The van der Waals surface area contributed by atoms with Crippen molar-refractivity contribution in [3.05, 3.63) is 78.4 Å². The van der Waals surface area contributed by atoms with Gasteiger partial charge in [0.2, 0.25) is 0 Å². The molecule has 2 aliphatic heterocycles. The largest absolute Gasteiger partial charge is 0.508 e. The van der Waals surface area contributed by atoms with Gasteiger partial charge in [0.25, 0.3) is 0 Å². The summed E-state index contributed by atoms with van der Waals surface area (Å²) in [5.74, 6) is 1.50. The van der Waals surface area contributed by atoms with Gasteiger partial charge in [-0.2, -0.15) is 0 Å². The SMILES string of the molecule is NC1=N[C@@](c2ccc(O)cc2)(c2cccc(-c3cncnc3)c2)C2=NCCCN12. The summed E-state index contributed by atoms with van der Waals surface area (Å²) in [6.45, 7) is 1.53. The van der Waals surface area contributed by atoms with Crippen molar-refractivity contribution in [2.24, 2.45) is 15.7 Å². The van der Waals surface area contributed by atoms with E-state index in [0.717, 1.165) is 47.6 Å². The molecule has 29 heavy (non-hydrogen) atoms. The van der Waals surface area contributed by atoms with Crippen molar-refractivity contribution in [3.63, 3.8) is 0 Å². The lowest BCUT2D eigenvalue weighted by atomic mass is 9.81. The lowest BCUT2D eigenvalue weighted by Crippen LogP contribution is -2.46. The van der Waals surface area contributed by atoms with Crippen LogP contribution in [0.1, 0.15) is 17.5 Å². The van der Waals surface area contributed by atoms with Crippen molar-refractivity contribution in [1.29, 1.82) is 0 Å². The first-order valence-electron chi connectivity index (χ1n) is 9.52. The number of guanidine groups is 1. The fourth-order valence-electron chi connectivity index (χ4n) is 4.05. The van der Waals surface area contributed by atoms with Crippen molar-refractivity contribution in [2.45, 2.75) is 12.0 Å². The number of phenols is 1. The molecule has 0 saturated heterocycles. The molecule has 0 bridgehead atoms. The van der Waals surface area contributed by atoms with E-state index in [-0.39, 0.29) is 5.75 Å². The number of nitrogens with two attached hydrogens (primary N) is 1. The molecule has 5 rings (SSSR count). The van der Waals surface area contributed by atoms with E-state index >= 15 is 0 Å². The number of aliphatic imine (C=N–C) groups is 2. The van der Waals surface area contributed by atoms with Crippen molar-refractivity contribution < 1.29 is 5.11 Å². The normalized spacial score (nSPS) is 20.8. The van der Waals surface area contributed by atoms with Gasteiger partial charge in [0, 0.05) is 31.0 Å². The molecule has 0 fully saturated rings. The van der Waals surface area contributed by atoms with E-state index < -0.39 is 5.54 Å². The molecule has 0 amide bonds. The topological polar surface area (TPSA) is 100.0 Å². The molecule has 0 saturated carbocycles. The molecule has 1 aromatic heterocycles. The third-order valence-corrected chi connectivity index (χ3v) is 5.40. The number of hydrogen-bond acceptors (Lipinski definition) is 7. The molecular formula is C22H20N6O. The van der Waals surface area contributed by atoms with Gasteiger partial charge in [-0.1, -0.05) is 30.3 Å². The van der Waals surface area contributed by atoms with Crippen molar-refractivity contribution in [1.82, 2.24) is 14.9 Å². The number of rotatable bonds is 3. The fourth-order valence-corrected chi connectivity index (χ4v) is 4.05. The van der Waals surface area contributed by atoms with E-state index in [1.807, 2.05) is 35.2 Å². The number of aromatic hydroxyl groups is 1. The molecular weight excluding hydrogens is 364 g/mol. The van der Waals surface area contributed by atoms with Gasteiger partial charge in [-0.05, 0) is 41.3 Å². The van der Waals surface area contributed by atoms with Gasteiger partial charge >= 0.3 is 0 Å². The van der Waals surface area contributed by atoms with Gasteiger partial charge in [-0.25, -0.2) is 15.0 Å². The summed E-state index contributed by atoms with van der Waals surface area (Å²) < 4.78 is 0. The Bertz CT molecular complexity index is 1110. The van der Waals surface area contributed by atoms with Crippen LogP contribution < -0.4 is 5.73 Å². The average molecular weight is 384 g/mol. The highest BCUT2D eigenvalue weighted by Crippen LogP contribution is 2.42. The third-order valence-electron chi connectivity index (χ3n) is 5.40. The molecule has 2 aliphatic rings. The standard InChI is InChI=1S/C22H20N6O/c23-21-27-22(17-5-7-19(29)8-6-17,20-26-9-2-10-28(20)21)18-4-1-3-15(11-18)16-12-24-14-25-13-16/h1,3-8,11-14,29H,2,9-10H2,(H2,23,27)/t22-/m0/s1. The zero-order chi connectivity index (χ0) is 19.8. The Morgan fingerprint density at radius 1 is 0.966 bits per heavy atom. The Morgan fingerprint density at radius 2 is 1.76 bits per heavy atom. The predicted octanol–water partition coefficient (Wildman–Crippen LogP) is 2.53. The van der Waals surface area contributed by atoms with Gasteiger partial charge in [0.05, 0.1) is 0 Å². The molecule has 3 aromatic rings. The molecule has 1 atom stereocenters. The number of phenolic OH excluding ortho intramolecular Hbond substituents is 1. The molecule has 3 heterocycles. The Morgan fingerprint density at radius 3 is 2.55 bits per heavy atom. The lowest BCUT2D eigenvalue weighted by Gasteiger charge is -2.33. The van der Waals surface area contributed by atoms with E-state index in [4.69, 9.17) is 15.7 Å². The van der Waals surface area contributed by atoms with Crippen LogP contribution in [-0.2, 0) is 5.54 Å². The minimum absolute atomic E-state index is 0.205. The maximum Gasteiger partial charge on any atom is 0.198 e. The van der Waals surface area contributed by atoms with Crippen LogP contribution in [0.5, 0.6) is 5.75 Å². The van der Waals surface area contributed by atoms with Crippen LogP contribution in [0.4, 0.5) is 0 Å². The van der Waals surface area contributed by atoms with Crippen LogP contribution in [0.25, 0.3) is 11.1 Å². The van der Waals surface area contributed by atoms with Crippen LogP contribution in [0, 0.1) is 0 Å². The minimum Gasteiger partial charge on any atom is -0.508 e. The summed E-state index contributed by atoms with van der Waals surface area (Å²) in [5, 5.41) is 9.82. The number of amidine groups is 1. The van der Waals surface area contributed by atoms with Crippen molar-refractivity contribution >= 4 is 11.8 Å². The quantitative estimate of drug-likeness (QED) is 0.723. The Kier molecular flexibility index (Phi) is 4.01. The minimum atomic E-state index is -0.857. The summed E-state index contributed by atoms with van der Waals surface area (Å²) in [7, 11) is 0. The molecule has 3 N–H and O–H groups in total. The van der Waals surface area contributed by atoms with Crippen LogP contribution in [-0.4, -0.2) is 44.9 Å². The number of hydrogen-bond donors (Lipinski definition) is 2. The molecule has 0 spiro atoms. The summed E-state index contributed by atoms with van der Waals surface area (Å²) >= 11 is 0. The van der Waals surface area contributed by atoms with Gasteiger partial charge in [-0.15, -0.1) is 0 Å². The highest BCUT2D eigenvalue weighted by molar-refractivity contribution is 6.12. The van der Waals surface area contributed by atoms with Crippen molar-refractivity contribution in [2.75, 3.05) is 13.1 Å². The first-order chi connectivity index (χ1) is 14.2. The zero-order valence-electron chi connectivity index (χ0n) is 15.7. The number of fused-ring (bicyclic) bond motifs is 1. The zero-order valence-corrected chi connectivity index (χ0v) is 15.7. The molecule has 7 nitrogen and oxygen atoms in total. The van der Waals surface area contributed by atoms with Gasteiger partial charge in [-0.3, -0.25) is 9.89 Å². The van der Waals surface area contributed by atoms with Gasteiger partial charge in [0.15, 0.2) is 11.5 Å². The highest BCUT2D eigenvalue weighted by Gasteiger charge is 2.49. The van der Waals surface area contributed by atoms with E-state index in [9.17, 15) is 5.11 Å². The number of benzene rings is 2. The van der Waals surface area contributed by atoms with Gasteiger partial charge in [0.1, 0.15) is 17.9 Å². The van der Waals surface area contributed by atoms with E-state index in [1.54, 1.807) is 24.5 Å². The Labute approximate surface area is 168 Å². The highest BCUT2D eigenvalue weighted by atomic mass is 16.3. The maximum absolute atomic E-state index is 9.82. The second kappa shape index (κ2) is 6.70. The number of nitrogens with zero attached hydrogens (tertiary/aromatic N) is 5. The Balaban J connectivity index is 1.75. The van der Waals surface area contributed by atoms with Gasteiger partial charge < -0.3 is 10.8 Å². The summed E-state index contributed by atoms with van der Waals surface area (Å²) in [6.07, 6.45) is 6.03. The number of aromatic nitrogens is 2. The Hall–Kier alpha value is -3.74. The first-order valence-corrected chi connectivity index (χ1v) is 9.52. The lowest BCUT2D eigenvalue weighted by molar-refractivity contribution is 0.474. The molecule has 0 unspecified atom stereocenters. The van der Waals surface area contributed by atoms with Crippen LogP contribution in [0.15, 0.2) is 77.2 Å². The first kappa shape index (κ1) is 17.4. The van der Waals surface area contributed by atoms with Crippen molar-refractivity contribution in [3.8, 4) is 16.9 Å². The smallest absolute Gasteiger partial charge is 0.198 e. The van der Waals surface area contributed by atoms with E-state index in [0.29, 0.717) is 5.96 Å². The summed E-state index contributed by atoms with van der Waals surface area (Å²) in [5.41, 5.74) is 9.26. The van der Waals surface area contributed by atoms with Crippen LogP contribution >= 0.6 is 0 Å². The van der Waals surface area contributed by atoms with Crippen LogP contribution in [0.3, 0.4) is 0 Å². The monoisotopic (exact) mass is 384 g/mol. The second-order valence-corrected chi connectivity index (χ2v) is 7.15. The van der Waals surface area contributed by atoms with Crippen LogP contribution in [0.2, 0.25) is 0 Å². The maximum atomic E-state index is 9.82. The average Bonchev–Trinajstić information content (AvgIpc) is 3.09. The summed E-state index contributed by atoms with van der Waals surface area (Å²) in [6, 6.07) is 15.2. The molecule has 144 valence electrons.